The lowest BCUT2D eigenvalue weighted by Crippen LogP contribution is -2.37. The number of hydrogen-bond donors (Lipinski definition) is 9. The average molecular weight is 1280 g/mol. The summed E-state index contributed by atoms with van der Waals surface area (Å²) < 4.78 is 18.6. The average Bonchev–Trinajstić information content (AvgIpc) is 0.831. The fourth-order valence-corrected chi connectivity index (χ4v) is 10.1. The topological polar surface area (TPSA) is 312 Å². The summed E-state index contributed by atoms with van der Waals surface area (Å²) in [5.41, 5.74) is 25.9. The number of pyridine rings is 2. The zero-order valence-corrected chi connectivity index (χ0v) is 54.6. The van der Waals surface area contributed by atoms with Crippen molar-refractivity contribution in [2.24, 2.45) is 11.5 Å². The second-order valence-electron chi connectivity index (χ2n) is 23.8. The number of aromatic nitrogens is 2. The molecule has 20 heteroatoms. The Kier molecular flexibility index (Phi) is 26.8. The smallest absolute Gasteiger partial charge is 0.410 e. The number of carboxylic acids is 2. The highest BCUT2D eigenvalue weighted by atomic mass is 16.6. The molecule has 0 unspecified atom stereocenters. The largest absolute Gasteiger partial charge is 0.487 e. The highest BCUT2D eigenvalue weighted by Crippen LogP contribution is 2.32. The molecule has 2 aromatic heterocycles. The van der Waals surface area contributed by atoms with E-state index in [1.807, 2.05) is 150 Å². The van der Waals surface area contributed by atoms with Crippen molar-refractivity contribution in [3.05, 3.63) is 231 Å². The molecule has 0 aliphatic carbocycles. The number of nitrogens with zero attached hydrogens (tertiary/aromatic N) is 5. The van der Waals surface area contributed by atoms with Crippen LogP contribution in [0.1, 0.15) is 134 Å². The summed E-state index contributed by atoms with van der Waals surface area (Å²) in [7, 11) is 0. The Labute approximate surface area is 556 Å². The van der Waals surface area contributed by atoms with Gasteiger partial charge in [0.15, 0.2) is 5.69 Å². The summed E-state index contributed by atoms with van der Waals surface area (Å²) >= 11 is 0. The number of carbonyl (C=O) groups excluding carboxylic acids is 1. The van der Waals surface area contributed by atoms with E-state index in [4.69, 9.17) is 58.5 Å². The first-order valence-electron chi connectivity index (χ1n) is 31.5. The number of carbonyl (C=O) groups is 3. The maximum Gasteiger partial charge on any atom is 0.410 e. The lowest BCUT2D eigenvalue weighted by molar-refractivity contribution is -0.138. The lowest BCUT2D eigenvalue weighted by atomic mass is 10.0. The van der Waals surface area contributed by atoms with Crippen LogP contribution >= 0.6 is 0 Å². The maximum atomic E-state index is 13.5. The zero-order valence-electron chi connectivity index (χ0n) is 54.6. The molecule has 0 bridgehead atoms. The summed E-state index contributed by atoms with van der Waals surface area (Å²) in [6, 6.07) is 48.0. The van der Waals surface area contributed by atoms with E-state index in [9.17, 15) is 14.4 Å². The molecule has 20 nitrogen and oxygen atoms in total. The van der Waals surface area contributed by atoms with E-state index >= 15 is 0 Å². The number of nitriles is 1. The number of ether oxygens (including phenoxy) is 3. The van der Waals surface area contributed by atoms with Crippen LogP contribution in [0.15, 0.2) is 158 Å². The molecule has 0 radical (unpaired) electrons. The van der Waals surface area contributed by atoms with E-state index in [1.54, 1.807) is 35.4 Å². The number of amides is 1. The first-order chi connectivity index (χ1) is 45.7. The van der Waals surface area contributed by atoms with Gasteiger partial charge in [0, 0.05) is 85.0 Å². The molecular formula is C75H84N12O8. The van der Waals surface area contributed by atoms with Gasteiger partial charge in [-0.05, 0) is 148 Å². The van der Waals surface area contributed by atoms with Crippen LogP contribution in [-0.4, -0.2) is 73.5 Å². The van der Waals surface area contributed by atoms with Crippen LogP contribution in [0, 0.1) is 42.6 Å². The van der Waals surface area contributed by atoms with Crippen LogP contribution in [0.4, 0.5) is 21.9 Å². The SMILES string of the molecule is Cc1ncc(CNc2ccc(-c3ccc(C(=N)N)cc3)cc2)c(CNCCCCCC(=O)O)c1OCc1ccc(C(=N)N)cc1.[C-]#[N+]c1ccc(COc2c(C)ncc(CNc3ccc(-c4ccc(C#N)cc4)cc3)c2CN(CCCCCC(=O)O)C(=O)OC(C)(C)C)cc1. The molecule has 6 aromatic carbocycles. The molecule has 2 heterocycles. The van der Waals surface area contributed by atoms with E-state index in [-0.39, 0.29) is 37.7 Å². The van der Waals surface area contributed by atoms with E-state index in [2.05, 4.69) is 49.0 Å². The Morgan fingerprint density at radius 1 is 0.600 bits per heavy atom. The van der Waals surface area contributed by atoms with Crippen molar-refractivity contribution in [2.45, 2.75) is 131 Å². The van der Waals surface area contributed by atoms with Gasteiger partial charge in [-0.15, -0.1) is 0 Å². The third-order valence-electron chi connectivity index (χ3n) is 15.4. The van der Waals surface area contributed by atoms with Crippen LogP contribution in [0.25, 0.3) is 27.1 Å². The number of hydrogen-bond acceptors (Lipinski definition) is 14. The van der Waals surface area contributed by atoms with Crippen molar-refractivity contribution in [2.75, 3.05) is 23.7 Å². The van der Waals surface area contributed by atoms with Gasteiger partial charge in [-0.3, -0.25) is 30.4 Å². The number of nitrogen functional groups attached to an aromatic ring is 2. The Morgan fingerprint density at radius 3 is 1.48 bits per heavy atom. The normalized spacial score (nSPS) is 10.8. The predicted octanol–water partition coefficient (Wildman–Crippen LogP) is 14.6. The number of benzene rings is 6. The number of unbranched alkanes of at least 4 members (excludes halogenated alkanes) is 4. The monoisotopic (exact) mass is 1280 g/mol. The molecular weight excluding hydrogens is 1200 g/mol. The van der Waals surface area contributed by atoms with Gasteiger partial charge in [0.05, 0.1) is 36.1 Å². The fourth-order valence-electron chi connectivity index (χ4n) is 10.1. The van der Waals surface area contributed by atoms with E-state index in [1.165, 1.54) is 0 Å². The molecule has 0 fully saturated rings. The minimum atomic E-state index is -0.840. The van der Waals surface area contributed by atoms with Crippen molar-refractivity contribution in [3.8, 4) is 39.8 Å². The first kappa shape index (κ1) is 71.4. The number of amidine groups is 2. The van der Waals surface area contributed by atoms with Crippen molar-refractivity contribution >= 4 is 46.8 Å². The van der Waals surface area contributed by atoms with E-state index in [0.717, 1.165) is 97.8 Å². The molecule has 492 valence electrons. The Hall–Kier alpha value is -11.1. The fraction of sp³-hybridized carbons (Fsp3) is 0.293. The van der Waals surface area contributed by atoms with Gasteiger partial charge in [0.1, 0.15) is 42.0 Å². The molecule has 1 amide bonds. The van der Waals surface area contributed by atoms with Crippen LogP contribution in [0.3, 0.4) is 0 Å². The molecule has 0 saturated carbocycles. The number of anilines is 2. The molecule has 8 aromatic rings. The van der Waals surface area contributed by atoms with Crippen molar-refractivity contribution in [1.82, 2.24) is 20.2 Å². The summed E-state index contributed by atoms with van der Waals surface area (Å²) in [4.78, 5) is 49.8. The van der Waals surface area contributed by atoms with Crippen molar-refractivity contribution < 1.29 is 38.8 Å². The summed E-state index contributed by atoms with van der Waals surface area (Å²) in [6.45, 7) is 19.9. The maximum absolute atomic E-state index is 13.5. The standard InChI is InChI=1S/C40H43N5O5.C35H41N7O3/c1-28-38(49-27-30-12-18-34(42-5)19-13-30)36(26-45(39(48)50-40(2,3)4)22-8-6-7-9-37(46)47)33(24-43-28)25-44-35-20-16-32(17-21-35)31-14-10-29(23-41)11-15-31;1-23-33(45-22-24-6-8-27(9-7-24)34(36)37)31(21-40-18-4-2-3-5-32(43)44)29(19-41-23)20-42-30-16-14-26(15-17-30)25-10-12-28(13-11-25)35(38)39/h10-21,24,44H,6-9,22,25-27H2,1-4H3,(H,46,47);6-17,19,40,42H,2-5,18,20-22H2,1H3,(H3,36,37)(H3,38,39)(H,43,44). The third kappa shape index (κ3) is 22.9. The van der Waals surface area contributed by atoms with Gasteiger partial charge in [-0.1, -0.05) is 122 Å². The Bertz CT molecular complexity index is 3950. The first-order valence-corrected chi connectivity index (χ1v) is 31.5. The van der Waals surface area contributed by atoms with Gasteiger partial charge in [0.25, 0.3) is 0 Å². The quantitative estimate of drug-likeness (QED) is 0.00819. The number of rotatable bonds is 32. The van der Waals surface area contributed by atoms with Crippen LogP contribution in [-0.2, 0) is 53.7 Å². The minimum Gasteiger partial charge on any atom is -0.487 e. The highest BCUT2D eigenvalue weighted by Gasteiger charge is 2.26. The van der Waals surface area contributed by atoms with Crippen molar-refractivity contribution in [1.29, 1.82) is 16.1 Å². The van der Waals surface area contributed by atoms with Gasteiger partial charge >= 0.3 is 18.0 Å². The van der Waals surface area contributed by atoms with Crippen LogP contribution in [0.5, 0.6) is 11.5 Å². The molecule has 0 aliphatic rings. The van der Waals surface area contributed by atoms with Gasteiger partial charge in [0.2, 0.25) is 0 Å². The Balaban J connectivity index is 0.000000270. The summed E-state index contributed by atoms with van der Waals surface area (Å²) in [5.74, 6) is -0.233. The summed E-state index contributed by atoms with van der Waals surface area (Å²) in [6.07, 6.45) is 7.65. The molecule has 0 saturated heterocycles. The van der Waals surface area contributed by atoms with Gasteiger partial charge in [-0.2, -0.15) is 5.26 Å². The number of aryl methyl sites for hydroxylation is 2. The molecule has 0 spiro atoms. The molecule has 95 heavy (non-hydrogen) atoms. The summed E-state index contributed by atoms with van der Waals surface area (Å²) in [5, 5.41) is 52.8. The molecule has 0 atom stereocenters. The van der Waals surface area contributed by atoms with E-state index in [0.29, 0.717) is 92.3 Å². The molecule has 11 N–H and O–H groups in total. The van der Waals surface area contributed by atoms with E-state index < -0.39 is 23.6 Å². The number of carboxylic acid groups (broad SMARTS) is 2. The number of nitrogens with two attached hydrogens (primary N) is 2. The molecule has 0 aliphatic heterocycles. The highest BCUT2D eigenvalue weighted by molar-refractivity contribution is 5.95. The van der Waals surface area contributed by atoms with Gasteiger partial charge < -0.3 is 56.7 Å². The van der Waals surface area contributed by atoms with Crippen LogP contribution in [0.2, 0.25) is 0 Å². The van der Waals surface area contributed by atoms with Crippen molar-refractivity contribution in [3.63, 3.8) is 0 Å². The second-order valence-corrected chi connectivity index (χ2v) is 23.8. The third-order valence-corrected chi connectivity index (χ3v) is 15.4. The van der Waals surface area contributed by atoms with Gasteiger partial charge in [-0.25, -0.2) is 9.64 Å². The predicted molar refractivity (Wildman–Crippen MR) is 371 cm³/mol. The van der Waals surface area contributed by atoms with Crippen LogP contribution < -0.4 is 36.9 Å². The Morgan fingerprint density at radius 2 is 1.03 bits per heavy atom. The number of nitrogens with one attached hydrogen (secondary N) is 5. The number of aliphatic carboxylic acids is 2. The second kappa shape index (κ2) is 35.7. The molecule has 8 rings (SSSR count). The zero-order chi connectivity index (χ0) is 68.3. The minimum absolute atomic E-state index is 0.0250. The lowest BCUT2D eigenvalue weighted by Gasteiger charge is -2.29.